The maximum Gasteiger partial charge on any atom is 0.0384 e. The summed E-state index contributed by atoms with van der Waals surface area (Å²) in [5.74, 6) is 0. The van der Waals surface area contributed by atoms with E-state index in [0.717, 1.165) is 11.4 Å². The Bertz CT molecular complexity index is 1220. The zero-order chi connectivity index (χ0) is 18.1. The third kappa shape index (κ3) is 3.04. The average molecular weight is 345 g/mol. The van der Waals surface area contributed by atoms with Crippen molar-refractivity contribution in [2.24, 2.45) is 0 Å². The Morgan fingerprint density at radius 3 is 1.89 bits per heavy atom. The standard InChI is InChI=1S/C26H19N/c1-2-7-23(8-3-1)27-24-15-12-19(13-16-24)21-14-17-26-22(18-21)11-10-20-6-4-5-9-25(20)26/h1-18,27H. The predicted molar refractivity (Wildman–Crippen MR) is 117 cm³/mol. The summed E-state index contributed by atoms with van der Waals surface area (Å²) >= 11 is 0. The van der Waals surface area contributed by atoms with Crippen molar-refractivity contribution >= 4 is 32.9 Å². The Morgan fingerprint density at radius 2 is 1.04 bits per heavy atom. The van der Waals surface area contributed by atoms with Crippen molar-refractivity contribution < 1.29 is 0 Å². The van der Waals surface area contributed by atoms with Crippen molar-refractivity contribution in [2.75, 3.05) is 5.32 Å². The zero-order valence-corrected chi connectivity index (χ0v) is 14.9. The first-order valence-corrected chi connectivity index (χ1v) is 9.21. The zero-order valence-electron chi connectivity index (χ0n) is 14.9. The summed E-state index contributed by atoms with van der Waals surface area (Å²) in [6.45, 7) is 0. The summed E-state index contributed by atoms with van der Waals surface area (Å²) in [5, 5.41) is 8.61. The number of hydrogen-bond donors (Lipinski definition) is 1. The molecule has 0 aliphatic heterocycles. The molecule has 1 heteroatoms. The molecule has 0 fully saturated rings. The molecule has 27 heavy (non-hydrogen) atoms. The first kappa shape index (κ1) is 15.7. The number of benzene rings is 5. The molecule has 5 aromatic carbocycles. The lowest BCUT2D eigenvalue weighted by atomic mass is 9.97. The Hall–Kier alpha value is -3.58. The summed E-state index contributed by atoms with van der Waals surface area (Å²) in [6, 6.07) is 38.6. The molecule has 0 saturated heterocycles. The van der Waals surface area contributed by atoms with Gasteiger partial charge in [-0.2, -0.15) is 0 Å². The smallest absolute Gasteiger partial charge is 0.0384 e. The number of nitrogens with one attached hydrogen (secondary N) is 1. The number of fused-ring (bicyclic) bond motifs is 3. The highest BCUT2D eigenvalue weighted by molar-refractivity contribution is 6.08. The van der Waals surface area contributed by atoms with Crippen LogP contribution < -0.4 is 5.32 Å². The number of hydrogen-bond acceptors (Lipinski definition) is 1. The van der Waals surface area contributed by atoms with Crippen LogP contribution in [0.25, 0.3) is 32.7 Å². The lowest BCUT2D eigenvalue weighted by Gasteiger charge is -2.09. The van der Waals surface area contributed by atoms with Crippen LogP contribution in [0.4, 0.5) is 11.4 Å². The van der Waals surface area contributed by atoms with Crippen molar-refractivity contribution in [3.63, 3.8) is 0 Å². The van der Waals surface area contributed by atoms with Crippen LogP contribution in [0.1, 0.15) is 0 Å². The molecule has 5 rings (SSSR count). The van der Waals surface area contributed by atoms with Crippen molar-refractivity contribution in [2.45, 2.75) is 0 Å². The molecule has 0 spiro atoms. The van der Waals surface area contributed by atoms with Crippen LogP contribution in [0.15, 0.2) is 109 Å². The molecule has 0 atom stereocenters. The van der Waals surface area contributed by atoms with Crippen molar-refractivity contribution in [3.05, 3.63) is 109 Å². The third-order valence-corrected chi connectivity index (χ3v) is 5.03. The molecule has 0 bridgehead atoms. The van der Waals surface area contributed by atoms with Gasteiger partial charge in [0, 0.05) is 11.4 Å². The first-order chi connectivity index (χ1) is 13.4. The molecule has 1 N–H and O–H groups in total. The third-order valence-electron chi connectivity index (χ3n) is 5.03. The van der Waals surface area contributed by atoms with Gasteiger partial charge in [0.25, 0.3) is 0 Å². The Kier molecular flexibility index (Phi) is 3.84. The van der Waals surface area contributed by atoms with Gasteiger partial charge in [-0.15, -0.1) is 0 Å². The minimum Gasteiger partial charge on any atom is -0.356 e. The van der Waals surface area contributed by atoms with Crippen LogP contribution in [-0.2, 0) is 0 Å². The minimum absolute atomic E-state index is 1.09. The molecule has 0 saturated carbocycles. The molecule has 0 aromatic heterocycles. The van der Waals surface area contributed by atoms with Crippen molar-refractivity contribution in [1.29, 1.82) is 0 Å². The molecular weight excluding hydrogens is 326 g/mol. The van der Waals surface area contributed by atoms with Crippen LogP contribution >= 0.6 is 0 Å². The summed E-state index contributed by atoms with van der Waals surface area (Å²) in [5.41, 5.74) is 4.66. The Morgan fingerprint density at radius 1 is 0.407 bits per heavy atom. The fourth-order valence-corrected chi connectivity index (χ4v) is 3.63. The summed E-state index contributed by atoms with van der Waals surface area (Å²) < 4.78 is 0. The summed E-state index contributed by atoms with van der Waals surface area (Å²) in [4.78, 5) is 0. The number of anilines is 2. The maximum absolute atomic E-state index is 3.43. The highest BCUT2D eigenvalue weighted by atomic mass is 14.9. The van der Waals surface area contributed by atoms with E-state index >= 15 is 0 Å². The second kappa shape index (κ2) is 6.62. The van der Waals surface area contributed by atoms with E-state index < -0.39 is 0 Å². The summed E-state index contributed by atoms with van der Waals surface area (Å²) in [6.07, 6.45) is 0. The van der Waals surface area contributed by atoms with Gasteiger partial charge in [0.05, 0.1) is 0 Å². The Balaban J connectivity index is 1.49. The van der Waals surface area contributed by atoms with Gasteiger partial charge in [0.15, 0.2) is 0 Å². The SMILES string of the molecule is c1ccc(Nc2ccc(-c3ccc4c(ccc5ccccc54)c3)cc2)cc1. The lowest BCUT2D eigenvalue weighted by molar-refractivity contribution is 1.54. The molecular formula is C26H19N. The van der Waals surface area contributed by atoms with Crippen LogP contribution in [-0.4, -0.2) is 0 Å². The predicted octanol–water partition coefficient (Wildman–Crippen LogP) is 7.40. The fourth-order valence-electron chi connectivity index (χ4n) is 3.63. The topological polar surface area (TPSA) is 12.0 Å². The fraction of sp³-hybridized carbons (Fsp3) is 0. The van der Waals surface area contributed by atoms with Gasteiger partial charge in [-0.3, -0.25) is 0 Å². The monoisotopic (exact) mass is 345 g/mol. The van der Waals surface area contributed by atoms with E-state index in [0.29, 0.717) is 0 Å². The van der Waals surface area contributed by atoms with E-state index in [9.17, 15) is 0 Å². The molecule has 0 unspecified atom stereocenters. The average Bonchev–Trinajstić information content (AvgIpc) is 2.74. The second-order valence-electron chi connectivity index (χ2n) is 6.79. The molecule has 5 aromatic rings. The molecule has 0 amide bonds. The van der Waals surface area contributed by atoms with Gasteiger partial charge in [-0.25, -0.2) is 0 Å². The van der Waals surface area contributed by atoms with E-state index in [1.807, 2.05) is 18.2 Å². The van der Waals surface area contributed by atoms with Crippen LogP contribution in [0, 0.1) is 0 Å². The molecule has 0 aliphatic rings. The summed E-state index contributed by atoms with van der Waals surface area (Å²) in [7, 11) is 0. The molecule has 1 nitrogen and oxygen atoms in total. The van der Waals surface area contributed by atoms with Crippen LogP contribution in [0.2, 0.25) is 0 Å². The Labute approximate surface area is 158 Å². The minimum atomic E-state index is 1.09. The van der Waals surface area contributed by atoms with Gasteiger partial charge >= 0.3 is 0 Å². The van der Waals surface area contributed by atoms with Crippen molar-refractivity contribution in [3.8, 4) is 11.1 Å². The highest BCUT2D eigenvalue weighted by Crippen LogP contribution is 2.30. The number of rotatable bonds is 3. The number of para-hydroxylation sites is 1. The first-order valence-electron chi connectivity index (χ1n) is 9.21. The van der Waals surface area contributed by atoms with Gasteiger partial charge in [-0.1, -0.05) is 78.9 Å². The van der Waals surface area contributed by atoms with Gasteiger partial charge < -0.3 is 5.32 Å². The van der Waals surface area contributed by atoms with Gasteiger partial charge in [-0.05, 0) is 63.0 Å². The van der Waals surface area contributed by atoms with Crippen molar-refractivity contribution in [1.82, 2.24) is 0 Å². The maximum atomic E-state index is 3.43. The normalized spacial score (nSPS) is 11.0. The van der Waals surface area contributed by atoms with E-state index in [1.54, 1.807) is 0 Å². The van der Waals surface area contributed by atoms with E-state index in [1.165, 1.54) is 32.7 Å². The van der Waals surface area contributed by atoms with Gasteiger partial charge in [0.2, 0.25) is 0 Å². The van der Waals surface area contributed by atoms with E-state index in [-0.39, 0.29) is 0 Å². The molecule has 128 valence electrons. The quantitative estimate of drug-likeness (QED) is 0.336. The molecule has 0 heterocycles. The van der Waals surface area contributed by atoms with E-state index in [2.05, 4.69) is 96.3 Å². The largest absolute Gasteiger partial charge is 0.356 e. The second-order valence-corrected chi connectivity index (χ2v) is 6.79. The van der Waals surface area contributed by atoms with Crippen LogP contribution in [0.3, 0.4) is 0 Å². The lowest BCUT2D eigenvalue weighted by Crippen LogP contribution is -1.89. The van der Waals surface area contributed by atoms with E-state index in [4.69, 9.17) is 0 Å². The van der Waals surface area contributed by atoms with Gasteiger partial charge in [0.1, 0.15) is 0 Å². The molecule has 0 aliphatic carbocycles. The molecule has 0 radical (unpaired) electrons. The van der Waals surface area contributed by atoms with Crippen LogP contribution in [0.5, 0.6) is 0 Å². The highest BCUT2D eigenvalue weighted by Gasteiger charge is 2.04.